The maximum absolute atomic E-state index is 12.4. The van der Waals surface area contributed by atoms with Crippen LogP contribution in [0.5, 0.6) is 46.0 Å². The van der Waals surface area contributed by atoms with Crippen molar-refractivity contribution < 1.29 is 49.7 Å². The van der Waals surface area contributed by atoms with E-state index in [2.05, 4.69) is 0 Å². The smallest absolute Gasteiger partial charge is 0.343 e. The summed E-state index contributed by atoms with van der Waals surface area (Å²) in [6, 6.07) is 17.4. The van der Waals surface area contributed by atoms with Crippen LogP contribution in [-0.2, 0) is 5.41 Å². The fraction of sp³-hybridized carbons (Fsp3) is 0.103. The standard InChI is InChI=1S/C29H24O10/c1-29(2,17-3-7-19(8-4-17)38-27(36)15-11-21(30)25(34)22(31)12-15)18-5-9-20(10-6-18)39-28(37)16-13-23(32)26(35)24(33)14-16/h3-14,30-35H,1-2H3. The molecule has 10 heteroatoms. The second kappa shape index (κ2) is 10.2. The van der Waals surface area contributed by atoms with Crippen LogP contribution in [0.2, 0.25) is 0 Å². The Morgan fingerprint density at radius 2 is 0.821 bits per heavy atom. The number of esters is 2. The zero-order valence-electron chi connectivity index (χ0n) is 20.7. The molecule has 0 saturated heterocycles. The van der Waals surface area contributed by atoms with Gasteiger partial charge in [-0.2, -0.15) is 0 Å². The van der Waals surface area contributed by atoms with Gasteiger partial charge in [0.15, 0.2) is 34.5 Å². The van der Waals surface area contributed by atoms with E-state index in [1.807, 2.05) is 13.8 Å². The maximum atomic E-state index is 12.4. The molecule has 4 rings (SSSR count). The number of benzene rings is 4. The molecule has 0 atom stereocenters. The van der Waals surface area contributed by atoms with Crippen molar-refractivity contribution in [2.75, 3.05) is 0 Å². The Kier molecular flexibility index (Phi) is 6.96. The number of ether oxygens (including phenoxy) is 2. The van der Waals surface area contributed by atoms with E-state index >= 15 is 0 Å². The summed E-state index contributed by atoms with van der Waals surface area (Å²) in [6.07, 6.45) is 0. The summed E-state index contributed by atoms with van der Waals surface area (Å²) >= 11 is 0. The number of phenolic OH excluding ortho intramolecular Hbond substituents is 6. The third-order valence-corrected chi connectivity index (χ3v) is 6.18. The lowest BCUT2D eigenvalue weighted by Crippen LogP contribution is -2.19. The van der Waals surface area contributed by atoms with E-state index in [0.29, 0.717) is 0 Å². The van der Waals surface area contributed by atoms with Gasteiger partial charge in [0.1, 0.15) is 11.5 Å². The average Bonchev–Trinajstić information content (AvgIpc) is 2.90. The summed E-state index contributed by atoms with van der Waals surface area (Å²) in [7, 11) is 0. The Labute approximate surface area is 222 Å². The first kappa shape index (κ1) is 26.7. The van der Waals surface area contributed by atoms with Gasteiger partial charge in [0, 0.05) is 5.41 Å². The highest BCUT2D eigenvalue weighted by Gasteiger charge is 2.24. The van der Waals surface area contributed by atoms with Crippen molar-refractivity contribution in [1.82, 2.24) is 0 Å². The Balaban J connectivity index is 1.45. The molecule has 0 aliphatic rings. The molecule has 0 radical (unpaired) electrons. The summed E-state index contributed by atoms with van der Waals surface area (Å²) in [5, 5.41) is 57.3. The lowest BCUT2D eigenvalue weighted by atomic mass is 9.78. The monoisotopic (exact) mass is 532 g/mol. The molecule has 6 N–H and O–H groups in total. The molecule has 39 heavy (non-hydrogen) atoms. The zero-order valence-corrected chi connectivity index (χ0v) is 20.7. The van der Waals surface area contributed by atoms with Gasteiger partial charge in [-0.15, -0.1) is 0 Å². The SMILES string of the molecule is CC(C)(c1ccc(OC(=O)c2cc(O)c(O)c(O)c2)cc1)c1ccc(OC(=O)c2cc(O)c(O)c(O)c2)cc1. The lowest BCUT2D eigenvalue weighted by Gasteiger charge is -2.26. The van der Waals surface area contributed by atoms with Gasteiger partial charge in [-0.05, 0) is 59.7 Å². The van der Waals surface area contributed by atoms with Gasteiger partial charge in [0.2, 0.25) is 0 Å². The average molecular weight is 533 g/mol. The number of hydrogen-bond acceptors (Lipinski definition) is 10. The second-order valence-corrected chi connectivity index (χ2v) is 9.18. The van der Waals surface area contributed by atoms with Crippen molar-refractivity contribution in [2.24, 2.45) is 0 Å². The van der Waals surface area contributed by atoms with Gasteiger partial charge < -0.3 is 40.1 Å². The van der Waals surface area contributed by atoms with Gasteiger partial charge in [0.25, 0.3) is 0 Å². The van der Waals surface area contributed by atoms with Crippen molar-refractivity contribution in [3.05, 3.63) is 95.1 Å². The van der Waals surface area contributed by atoms with E-state index in [1.165, 1.54) is 0 Å². The molecule has 4 aromatic carbocycles. The molecule has 0 spiro atoms. The first-order valence-corrected chi connectivity index (χ1v) is 11.5. The zero-order chi connectivity index (χ0) is 28.5. The van der Waals surface area contributed by atoms with E-state index in [9.17, 15) is 40.2 Å². The van der Waals surface area contributed by atoms with E-state index in [-0.39, 0.29) is 22.6 Å². The van der Waals surface area contributed by atoms with Crippen LogP contribution in [-0.4, -0.2) is 42.6 Å². The number of carbonyl (C=O) groups is 2. The first-order valence-electron chi connectivity index (χ1n) is 11.5. The summed E-state index contributed by atoms with van der Waals surface area (Å²) in [4.78, 5) is 24.8. The van der Waals surface area contributed by atoms with Crippen molar-refractivity contribution in [3.63, 3.8) is 0 Å². The van der Waals surface area contributed by atoms with Crippen LogP contribution in [0.3, 0.4) is 0 Å². The predicted molar refractivity (Wildman–Crippen MR) is 138 cm³/mol. The van der Waals surface area contributed by atoms with Gasteiger partial charge in [-0.3, -0.25) is 0 Å². The summed E-state index contributed by atoms with van der Waals surface area (Å²) < 4.78 is 10.6. The van der Waals surface area contributed by atoms with E-state index in [1.54, 1.807) is 48.5 Å². The molecule has 200 valence electrons. The van der Waals surface area contributed by atoms with Gasteiger partial charge in [-0.1, -0.05) is 38.1 Å². The molecule has 0 aliphatic carbocycles. The predicted octanol–water partition coefficient (Wildman–Crippen LogP) is 4.68. The van der Waals surface area contributed by atoms with E-state index < -0.39 is 51.9 Å². The number of carbonyl (C=O) groups excluding carboxylic acids is 2. The van der Waals surface area contributed by atoms with Crippen molar-refractivity contribution in [1.29, 1.82) is 0 Å². The topological polar surface area (TPSA) is 174 Å². The van der Waals surface area contributed by atoms with Crippen LogP contribution in [0.4, 0.5) is 0 Å². The lowest BCUT2D eigenvalue weighted by molar-refractivity contribution is 0.0724. The van der Waals surface area contributed by atoms with Crippen LogP contribution < -0.4 is 9.47 Å². The highest BCUT2D eigenvalue weighted by molar-refractivity contribution is 5.93. The molecule has 0 aromatic heterocycles. The molecule has 0 saturated carbocycles. The first-order chi connectivity index (χ1) is 18.4. The highest BCUT2D eigenvalue weighted by atomic mass is 16.5. The minimum absolute atomic E-state index is 0.146. The van der Waals surface area contributed by atoms with E-state index in [4.69, 9.17) is 9.47 Å². The van der Waals surface area contributed by atoms with Crippen molar-refractivity contribution in [2.45, 2.75) is 19.3 Å². The van der Waals surface area contributed by atoms with Crippen LogP contribution in [0, 0.1) is 0 Å². The molecular weight excluding hydrogens is 508 g/mol. The van der Waals surface area contributed by atoms with E-state index in [0.717, 1.165) is 35.4 Å². The minimum Gasteiger partial charge on any atom is -0.504 e. The van der Waals surface area contributed by atoms with Gasteiger partial charge in [0.05, 0.1) is 11.1 Å². The van der Waals surface area contributed by atoms with Gasteiger partial charge >= 0.3 is 11.9 Å². The van der Waals surface area contributed by atoms with Crippen LogP contribution >= 0.6 is 0 Å². The molecule has 0 bridgehead atoms. The molecule has 0 unspecified atom stereocenters. The fourth-order valence-electron chi connectivity index (χ4n) is 3.82. The Hall–Kier alpha value is -5.38. The third kappa shape index (κ3) is 5.49. The maximum Gasteiger partial charge on any atom is 0.343 e. The van der Waals surface area contributed by atoms with Crippen LogP contribution in [0.1, 0.15) is 45.7 Å². The van der Waals surface area contributed by atoms with Crippen LogP contribution in [0.15, 0.2) is 72.8 Å². The summed E-state index contributed by atoms with van der Waals surface area (Å²) in [5.41, 5.74) is 0.955. The van der Waals surface area contributed by atoms with Crippen molar-refractivity contribution in [3.8, 4) is 46.0 Å². The number of rotatable bonds is 6. The van der Waals surface area contributed by atoms with Crippen LogP contribution in [0.25, 0.3) is 0 Å². The molecule has 0 heterocycles. The molecule has 0 aliphatic heterocycles. The second-order valence-electron chi connectivity index (χ2n) is 9.18. The van der Waals surface area contributed by atoms with Crippen molar-refractivity contribution >= 4 is 11.9 Å². The number of phenols is 6. The Morgan fingerprint density at radius 1 is 0.538 bits per heavy atom. The molecule has 0 amide bonds. The quantitative estimate of drug-likeness (QED) is 0.116. The molecular formula is C29H24O10. The highest BCUT2D eigenvalue weighted by Crippen LogP contribution is 2.37. The summed E-state index contributed by atoms with van der Waals surface area (Å²) in [6.45, 7) is 3.94. The minimum atomic E-state index is -0.838. The fourth-order valence-corrected chi connectivity index (χ4v) is 3.82. The number of hydrogen-bond donors (Lipinski definition) is 6. The Bertz CT molecular complexity index is 1390. The molecule has 0 fully saturated rings. The normalized spacial score (nSPS) is 11.1. The largest absolute Gasteiger partial charge is 0.504 e. The molecule has 4 aromatic rings. The number of aromatic hydroxyl groups is 6. The Morgan fingerprint density at radius 3 is 1.10 bits per heavy atom. The molecule has 10 nitrogen and oxygen atoms in total. The summed E-state index contributed by atoms with van der Waals surface area (Å²) in [5.74, 6) is -5.31. The third-order valence-electron chi connectivity index (χ3n) is 6.18. The van der Waals surface area contributed by atoms with Gasteiger partial charge in [-0.25, -0.2) is 9.59 Å².